The Bertz CT molecular complexity index is 1300. The van der Waals surface area contributed by atoms with Crippen LogP contribution in [0.2, 0.25) is 0 Å². The Kier molecular flexibility index (Phi) is 5.27. The van der Waals surface area contributed by atoms with Gasteiger partial charge >= 0.3 is 0 Å². The number of thiazole rings is 1. The number of anilines is 2. The Morgan fingerprint density at radius 1 is 1.17 bits per heavy atom. The van der Waals surface area contributed by atoms with Crippen molar-refractivity contribution in [1.82, 2.24) is 9.55 Å². The number of hydrogen-bond acceptors (Lipinski definition) is 5. The van der Waals surface area contributed by atoms with Gasteiger partial charge in [-0.2, -0.15) is 0 Å². The van der Waals surface area contributed by atoms with Gasteiger partial charge in [-0.15, -0.1) is 11.3 Å². The van der Waals surface area contributed by atoms with E-state index in [-0.39, 0.29) is 21.8 Å². The van der Waals surface area contributed by atoms with Crippen LogP contribution in [0.3, 0.4) is 0 Å². The molecule has 4 aromatic rings. The summed E-state index contributed by atoms with van der Waals surface area (Å²) in [5.74, 6) is -0.620. The Hall–Kier alpha value is -3.24. The predicted octanol–water partition coefficient (Wildman–Crippen LogP) is 4.24. The van der Waals surface area contributed by atoms with Gasteiger partial charge in [0, 0.05) is 34.4 Å². The maximum atomic E-state index is 13.4. The third-order valence-corrected chi connectivity index (χ3v) is 6.74. The summed E-state index contributed by atoms with van der Waals surface area (Å²) in [5, 5.41) is 5.42. The summed E-state index contributed by atoms with van der Waals surface area (Å²) in [4.78, 5) is 16.6. The summed E-state index contributed by atoms with van der Waals surface area (Å²) >= 11 is 1.18. The molecule has 0 saturated heterocycles. The van der Waals surface area contributed by atoms with Gasteiger partial charge in [-0.3, -0.25) is 9.52 Å². The zero-order valence-electron chi connectivity index (χ0n) is 15.7. The number of carbonyl (C=O) groups is 1. The van der Waals surface area contributed by atoms with E-state index in [1.54, 1.807) is 35.2 Å². The van der Waals surface area contributed by atoms with Crippen molar-refractivity contribution in [2.45, 2.75) is 17.9 Å². The quantitative estimate of drug-likeness (QED) is 0.465. The van der Waals surface area contributed by atoms with Crippen LogP contribution in [0.4, 0.5) is 15.2 Å². The second kappa shape index (κ2) is 7.88. The number of nitrogens with zero attached hydrogens (tertiary/aromatic N) is 2. The van der Waals surface area contributed by atoms with Crippen molar-refractivity contribution in [2.24, 2.45) is 0 Å². The zero-order chi connectivity index (χ0) is 21.3. The Balaban J connectivity index is 1.48. The topological polar surface area (TPSA) is 93.1 Å². The van der Waals surface area contributed by atoms with Gasteiger partial charge in [0.1, 0.15) is 11.9 Å². The van der Waals surface area contributed by atoms with E-state index in [0.29, 0.717) is 11.1 Å². The van der Waals surface area contributed by atoms with Crippen molar-refractivity contribution in [3.63, 3.8) is 0 Å². The van der Waals surface area contributed by atoms with E-state index in [4.69, 9.17) is 0 Å². The van der Waals surface area contributed by atoms with Crippen molar-refractivity contribution < 1.29 is 17.6 Å². The molecule has 154 valence electrons. The highest BCUT2D eigenvalue weighted by atomic mass is 32.2. The minimum absolute atomic E-state index is 0.0576. The van der Waals surface area contributed by atoms with Crippen LogP contribution in [0.25, 0.3) is 10.9 Å². The third-order valence-electron chi connectivity index (χ3n) is 4.57. The molecule has 0 aliphatic rings. The van der Waals surface area contributed by atoms with Crippen LogP contribution in [0.15, 0.2) is 71.2 Å². The molecule has 0 fully saturated rings. The van der Waals surface area contributed by atoms with E-state index in [0.717, 1.165) is 5.52 Å². The maximum absolute atomic E-state index is 13.4. The number of fused-ring (bicyclic) bond motifs is 1. The maximum Gasteiger partial charge on any atom is 0.263 e. The van der Waals surface area contributed by atoms with Gasteiger partial charge in [-0.25, -0.2) is 17.8 Å². The fraction of sp³-hybridized carbons (Fsp3) is 0.100. The van der Waals surface area contributed by atoms with Gasteiger partial charge in [0.15, 0.2) is 5.13 Å². The third kappa shape index (κ3) is 4.05. The number of halogens is 1. The van der Waals surface area contributed by atoms with Crippen LogP contribution in [0, 0.1) is 5.82 Å². The summed E-state index contributed by atoms with van der Waals surface area (Å²) in [6.45, 7) is 1.73. The first-order chi connectivity index (χ1) is 14.3. The fourth-order valence-corrected chi connectivity index (χ4v) is 4.80. The molecule has 4 rings (SSSR count). The molecular formula is C20H17FN4O3S2. The smallest absolute Gasteiger partial charge is 0.263 e. The van der Waals surface area contributed by atoms with Crippen molar-refractivity contribution in [3.05, 3.63) is 72.1 Å². The molecule has 2 heterocycles. The average Bonchev–Trinajstić information content (AvgIpc) is 3.36. The number of aromatic nitrogens is 2. The molecule has 30 heavy (non-hydrogen) atoms. The largest absolute Gasteiger partial charge is 0.335 e. The monoisotopic (exact) mass is 444 g/mol. The lowest BCUT2D eigenvalue weighted by molar-refractivity contribution is -0.118. The van der Waals surface area contributed by atoms with E-state index in [1.165, 1.54) is 53.9 Å². The SMILES string of the molecule is CC(C(=O)Nc1ccc(S(=O)(=O)Nc2nccs2)cc1)n1ccc2cc(F)ccc21. The first kappa shape index (κ1) is 20.0. The molecule has 1 atom stereocenters. The molecule has 2 N–H and O–H groups in total. The number of benzene rings is 2. The molecule has 0 bridgehead atoms. The van der Waals surface area contributed by atoms with E-state index >= 15 is 0 Å². The number of hydrogen-bond donors (Lipinski definition) is 2. The van der Waals surface area contributed by atoms with Gasteiger partial charge in [0.2, 0.25) is 5.91 Å². The minimum atomic E-state index is -3.76. The predicted molar refractivity (Wildman–Crippen MR) is 115 cm³/mol. The van der Waals surface area contributed by atoms with Crippen LogP contribution in [-0.4, -0.2) is 23.9 Å². The lowest BCUT2D eigenvalue weighted by atomic mass is 10.2. The van der Waals surface area contributed by atoms with Crippen molar-refractivity contribution in [2.75, 3.05) is 10.0 Å². The van der Waals surface area contributed by atoms with Crippen molar-refractivity contribution >= 4 is 49.0 Å². The molecule has 2 aromatic heterocycles. The minimum Gasteiger partial charge on any atom is -0.335 e. The van der Waals surface area contributed by atoms with Crippen LogP contribution in [0.5, 0.6) is 0 Å². The van der Waals surface area contributed by atoms with Crippen LogP contribution in [-0.2, 0) is 14.8 Å². The highest BCUT2D eigenvalue weighted by Crippen LogP contribution is 2.23. The molecule has 0 aliphatic heterocycles. The molecule has 1 unspecified atom stereocenters. The molecule has 2 aromatic carbocycles. The second-order valence-electron chi connectivity index (χ2n) is 6.56. The van der Waals surface area contributed by atoms with Crippen molar-refractivity contribution in [3.8, 4) is 0 Å². The molecule has 0 radical (unpaired) electrons. The molecule has 7 nitrogen and oxygen atoms in total. The summed E-state index contributed by atoms with van der Waals surface area (Å²) in [6.07, 6.45) is 3.24. The summed E-state index contributed by atoms with van der Waals surface area (Å²) in [7, 11) is -3.76. The lowest BCUT2D eigenvalue weighted by Gasteiger charge is -2.16. The van der Waals surface area contributed by atoms with Gasteiger partial charge in [-0.05, 0) is 55.5 Å². The molecule has 0 saturated carbocycles. The van der Waals surface area contributed by atoms with E-state index < -0.39 is 16.1 Å². The summed E-state index contributed by atoms with van der Waals surface area (Å²) in [6, 6.07) is 11.4. The first-order valence-corrected chi connectivity index (χ1v) is 11.3. The normalized spacial score (nSPS) is 12.6. The van der Waals surface area contributed by atoms with Gasteiger partial charge in [0.25, 0.3) is 10.0 Å². The van der Waals surface area contributed by atoms with Gasteiger partial charge < -0.3 is 9.88 Å². The fourth-order valence-electron chi connectivity index (χ4n) is 3.01. The van der Waals surface area contributed by atoms with Crippen LogP contribution in [0.1, 0.15) is 13.0 Å². The number of amides is 1. The Morgan fingerprint density at radius 2 is 1.93 bits per heavy atom. The Labute approximate surface area is 176 Å². The van der Waals surface area contributed by atoms with E-state index in [9.17, 15) is 17.6 Å². The van der Waals surface area contributed by atoms with Gasteiger partial charge in [0.05, 0.1) is 4.90 Å². The number of sulfonamides is 1. The Morgan fingerprint density at radius 3 is 2.63 bits per heavy atom. The molecular weight excluding hydrogens is 427 g/mol. The number of nitrogens with one attached hydrogen (secondary N) is 2. The summed E-state index contributed by atoms with van der Waals surface area (Å²) < 4.78 is 42.3. The average molecular weight is 445 g/mol. The second-order valence-corrected chi connectivity index (χ2v) is 9.14. The van der Waals surface area contributed by atoms with Crippen molar-refractivity contribution in [1.29, 1.82) is 0 Å². The number of carbonyl (C=O) groups excluding carboxylic acids is 1. The van der Waals surface area contributed by atoms with E-state index in [1.807, 2.05) is 0 Å². The molecule has 0 aliphatic carbocycles. The van der Waals surface area contributed by atoms with E-state index in [2.05, 4.69) is 15.0 Å². The molecule has 0 spiro atoms. The number of rotatable bonds is 6. The van der Waals surface area contributed by atoms with Crippen LogP contribution >= 0.6 is 11.3 Å². The van der Waals surface area contributed by atoms with Gasteiger partial charge in [-0.1, -0.05) is 0 Å². The summed E-state index contributed by atoms with van der Waals surface area (Å²) in [5.41, 5.74) is 1.20. The highest BCUT2D eigenvalue weighted by Gasteiger charge is 2.18. The standard InChI is InChI=1S/C20H17FN4O3S2/c1-13(25-10-8-14-12-15(21)2-7-18(14)25)19(26)23-16-3-5-17(6-4-16)30(27,28)24-20-22-9-11-29-20/h2-13H,1H3,(H,22,24)(H,23,26). The van der Waals surface area contributed by atoms with Crippen LogP contribution < -0.4 is 10.0 Å². The highest BCUT2D eigenvalue weighted by molar-refractivity contribution is 7.93. The molecule has 1 amide bonds. The zero-order valence-corrected chi connectivity index (χ0v) is 17.4. The first-order valence-electron chi connectivity index (χ1n) is 8.93. The molecule has 10 heteroatoms. The lowest BCUT2D eigenvalue weighted by Crippen LogP contribution is -2.23.